The van der Waals surface area contributed by atoms with E-state index in [-0.39, 0.29) is 0 Å². The molecule has 4 heteroatoms. The summed E-state index contributed by atoms with van der Waals surface area (Å²) in [6.45, 7) is 0. The zero-order valence-corrected chi connectivity index (χ0v) is 8.36. The van der Waals surface area contributed by atoms with Gasteiger partial charge in [0.15, 0.2) is 0 Å². The highest BCUT2D eigenvalue weighted by molar-refractivity contribution is 5.86. The highest BCUT2D eigenvalue weighted by atomic mass is 16.5. The highest BCUT2D eigenvalue weighted by Crippen LogP contribution is 2.34. The first kappa shape index (κ1) is 10.1. The van der Waals surface area contributed by atoms with Gasteiger partial charge in [-0.05, 0) is 30.4 Å². The smallest absolute Gasteiger partial charge is 0.244 e. The molecule has 1 unspecified atom stereocenters. The van der Waals surface area contributed by atoms with E-state index < -0.39 is 11.4 Å². The minimum absolute atomic E-state index is 0.530. The summed E-state index contributed by atoms with van der Waals surface area (Å²) in [5.41, 5.74) is 8.23. The SMILES string of the molecule is NC(=O)C1(NO)CCCc2ccccc21. The minimum Gasteiger partial charge on any atom is -0.368 e. The number of aryl methyl sites for hydroxylation is 1. The molecule has 1 aliphatic carbocycles. The number of carbonyl (C=O) groups is 1. The molecule has 2 rings (SSSR count). The van der Waals surface area contributed by atoms with Crippen molar-refractivity contribution in [2.24, 2.45) is 5.73 Å². The van der Waals surface area contributed by atoms with Crippen molar-refractivity contribution >= 4 is 5.91 Å². The van der Waals surface area contributed by atoms with Crippen LogP contribution in [0.3, 0.4) is 0 Å². The summed E-state index contributed by atoms with van der Waals surface area (Å²) in [6.07, 6.45) is 2.30. The normalized spacial score (nSPS) is 24.6. The number of amides is 1. The van der Waals surface area contributed by atoms with Crippen LogP contribution in [0.2, 0.25) is 0 Å². The van der Waals surface area contributed by atoms with Crippen LogP contribution in [0.25, 0.3) is 0 Å². The number of nitrogens with one attached hydrogen (secondary N) is 1. The lowest BCUT2D eigenvalue weighted by atomic mass is 9.76. The molecule has 0 aliphatic heterocycles. The van der Waals surface area contributed by atoms with Crippen LogP contribution in [-0.2, 0) is 16.8 Å². The van der Waals surface area contributed by atoms with Crippen molar-refractivity contribution in [2.75, 3.05) is 0 Å². The van der Waals surface area contributed by atoms with Gasteiger partial charge in [-0.1, -0.05) is 24.3 Å². The first-order chi connectivity index (χ1) is 7.20. The molecular formula is C11H14N2O2. The van der Waals surface area contributed by atoms with Crippen molar-refractivity contribution in [1.82, 2.24) is 5.48 Å². The number of nitrogens with two attached hydrogens (primary N) is 1. The summed E-state index contributed by atoms with van der Waals surface area (Å²) in [7, 11) is 0. The molecule has 4 N–H and O–H groups in total. The Hall–Kier alpha value is -1.39. The Balaban J connectivity index is 2.57. The van der Waals surface area contributed by atoms with Crippen LogP contribution in [0.4, 0.5) is 0 Å². The molecule has 0 fully saturated rings. The average Bonchev–Trinajstić information content (AvgIpc) is 2.28. The third-order valence-corrected chi connectivity index (χ3v) is 3.09. The van der Waals surface area contributed by atoms with E-state index in [9.17, 15) is 10.0 Å². The van der Waals surface area contributed by atoms with Gasteiger partial charge in [0.25, 0.3) is 0 Å². The maximum Gasteiger partial charge on any atom is 0.244 e. The summed E-state index contributed by atoms with van der Waals surface area (Å²) >= 11 is 0. The number of hydroxylamine groups is 1. The van der Waals surface area contributed by atoms with Crippen LogP contribution >= 0.6 is 0 Å². The summed E-state index contributed by atoms with van der Waals surface area (Å²) < 4.78 is 0. The van der Waals surface area contributed by atoms with Gasteiger partial charge in [-0.3, -0.25) is 4.79 Å². The van der Waals surface area contributed by atoms with Crippen molar-refractivity contribution in [3.8, 4) is 0 Å². The molecular weight excluding hydrogens is 192 g/mol. The number of primary amides is 1. The third kappa shape index (κ3) is 1.42. The second kappa shape index (κ2) is 3.64. The Morgan fingerprint density at radius 1 is 1.47 bits per heavy atom. The number of carbonyl (C=O) groups excluding carboxylic acids is 1. The molecule has 80 valence electrons. The van der Waals surface area contributed by atoms with Gasteiger partial charge in [-0.15, -0.1) is 0 Å². The summed E-state index contributed by atoms with van der Waals surface area (Å²) in [5, 5.41) is 9.21. The average molecular weight is 206 g/mol. The number of benzene rings is 1. The van der Waals surface area contributed by atoms with Gasteiger partial charge < -0.3 is 10.9 Å². The second-order valence-corrected chi connectivity index (χ2v) is 3.89. The lowest BCUT2D eigenvalue weighted by Gasteiger charge is -2.34. The van der Waals surface area contributed by atoms with Crippen LogP contribution in [0.5, 0.6) is 0 Å². The van der Waals surface area contributed by atoms with Gasteiger partial charge in [0.2, 0.25) is 5.91 Å². The van der Waals surface area contributed by atoms with E-state index in [1.807, 2.05) is 24.3 Å². The molecule has 0 heterocycles. The van der Waals surface area contributed by atoms with Gasteiger partial charge in [0, 0.05) is 0 Å². The lowest BCUT2D eigenvalue weighted by molar-refractivity contribution is -0.130. The zero-order valence-electron chi connectivity index (χ0n) is 8.36. The van der Waals surface area contributed by atoms with Crippen molar-refractivity contribution in [1.29, 1.82) is 0 Å². The molecule has 4 nitrogen and oxygen atoms in total. The fourth-order valence-electron chi connectivity index (χ4n) is 2.26. The van der Waals surface area contributed by atoms with E-state index in [1.165, 1.54) is 0 Å². The lowest BCUT2D eigenvalue weighted by Crippen LogP contribution is -2.53. The molecule has 1 amide bonds. The first-order valence-corrected chi connectivity index (χ1v) is 5.00. The number of rotatable bonds is 2. The van der Waals surface area contributed by atoms with E-state index in [0.717, 1.165) is 24.0 Å². The van der Waals surface area contributed by atoms with Crippen molar-refractivity contribution in [3.63, 3.8) is 0 Å². The zero-order chi connectivity index (χ0) is 10.9. The van der Waals surface area contributed by atoms with Crippen LogP contribution in [-0.4, -0.2) is 11.1 Å². The fraction of sp³-hybridized carbons (Fsp3) is 0.364. The molecule has 1 aliphatic rings. The molecule has 1 aromatic rings. The Bertz CT molecular complexity index is 392. The Morgan fingerprint density at radius 3 is 2.87 bits per heavy atom. The molecule has 0 spiro atoms. The molecule has 0 saturated carbocycles. The molecule has 1 aromatic carbocycles. The maximum atomic E-state index is 11.5. The van der Waals surface area contributed by atoms with Crippen LogP contribution in [0.15, 0.2) is 24.3 Å². The van der Waals surface area contributed by atoms with Crippen LogP contribution in [0, 0.1) is 0 Å². The summed E-state index contributed by atoms with van der Waals surface area (Å²) in [4.78, 5) is 11.5. The maximum absolute atomic E-state index is 11.5. The Kier molecular flexibility index (Phi) is 2.46. The summed E-state index contributed by atoms with van der Waals surface area (Å²) in [6, 6.07) is 7.57. The van der Waals surface area contributed by atoms with Crippen molar-refractivity contribution in [2.45, 2.75) is 24.8 Å². The largest absolute Gasteiger partial charge is 0.368 e. The van der Waals surface area contributed by atoms with E-state index in [2.05, 4.69) is 5.48 Å². The monoisotopic (exact) mass is 206 g/mol. The van der Waals surface area contributed by atoms with E-state index in [1.54, 1.807) is 0 Å². The van der Waals surface area contributed by atoms with Gasteiger partial charge in [0.05, 0.1) is 0 Å². The van der Waals surface area contributed by atoms with Crippen molar-refractivity contribution < 1.29 is 10.0 Å². The van der Waals surface area contributed by atoms with Gasteiger partial charge in [0.1, 0.15) is 5.54 Å². The van der Waals surface area contributed by atoms with E-state index in [0.29, 0.717) is 6.42 Å². The Morgan fingerprint density at radius 2 is 2.20 bits per heavy atom. The van der Waals surface area contributed by atoms with Gasteiger partial charge in [-0.25, -0.2) is 0 Å². The predicted octanol–water partition coefficient (Wildman–Crippen LogP) is 0.682. The topological polar surface area (TPSA) is 75.4 Å². The molecule has 0 bridgehead atoms. The highest BCUT2D eigenvalue weighted by Gasteiger charge is 2.41. The number of fused-ring (bicyclic) bond motifs is 1. The van der Waals surface area contributed by atoms with Crippen LogP contribution < -0.4 is 11.2 Å². The molecule has 0 radical (unpaired) electrons. The Labute approximate surface area is 88.0 Å². The van der Waals surface area contributed by atoms with Crippen molar-refractivity contribution in [3.05, 3.63) is 35.4 Å². The third-order valence-electron chi connectivity index (χ3n) is 3.09. The van der Waals surface area contributed by atoms with E-state index >= 15 is 0 Å². The van der Waals surface area contributed by atoms with Crippen LogP contribution in [0.1, 0.15) is 24.0 Å². The van der Waals surface area contributed by atoms with E-state index in [4.69, 9.17) is 5.73 Å². The van der Waals surface area contributed by atoms with Gasteiger partial charge in [-0.2, -0.15) is 5.48 Å². The molecule has 1 atom stereocenters. The minimum atomic E-state index is -1.10. The number of hydrogen-bond donors (Lipinski definition) is 3. The molecule has 0 saturated heterocycles. The number of hydrogen-bond acceptors (Lipinski definition) is 3. The second-order valence-electron chi connectivity index (χ2n) is 3.89. The standard InChI is InChI=1S/C11H14N2O2/c12-10(14)11(13-15)7-3-5-8-4-1-2-6-9(8)11/h1-2,4,6,13,15H,3,5,7H2,(H2,12,14). The summed E-state index contributed by atoms with van der Waals surface area (Å²) in [5.74, 6) is -0.530. The molecule has 0 aromatic heterocycles. The first-order valence-electron chi connectivity index (χ1n) is 5.00. The fourth-order valence-corrected chi connectivity index (χ4v) is 2.26. The molecule has 15 heavy (non-hydrogen) atoms. The van der Waals surface area contributed by atoms with Gasteiger partial charge >= 0.3 is 0 Å². The quantitative estimate of drug-likeness (QED) is 0.623. The predicted molar refractivity (Wildman–Crippen MR) is 55.2 cm³/mol.